The van der Waals surface area contributed by atoms with Gasteiger partial charge in [-0.05, 0) is 41.8 Å². The lowest BCUT2D eigenvalue weighted by Crippen LogP contribution is -2.10. The first-order valence-electron chi connectivity index (χ1n) is 7.74. The van der Waals surface area contributed by atoms with Crippen LogP contribution in [0.3, 0.4) is 0 Å². The van der Waals surface area contributed by atoms with Crippen molar-refractivity contribution in [2.75, 3.05) is 17.2 Å². The molecular formula is C18H18FN5. The highest BCUT2D eigenvalue weighted by Gasteiger charge is 2.02. The van der Waals surface area contributed by atoms with E-state index < -0.39 is 0 Å². The van der Waals surface area contributed by atoms with Gasteiger partial charge >= 0.3 is 0 Å². The predicted molar refractivity (Wildman–Crippen MR) is 92.2 cm³/mol. The van der Waals surface area contributed by atoms with Crippen molar-refractivity contribution in [3.05, 3.63) is 78.0 Å². The topological polar surface area (TPSA) is 62.7 Å². The van der Waals surface area contributed by atoms with Gasteiger partial charge in [0.25, 0.3) is 0 Å². The molecule has 0 bridgehead atoms. The first kappa shape index (κ1) is 15.9. The van der Waals surface area contributed by atoms with Gasteiger partial charge in [0.15, 0.2) is 0 Å². The zero-order valence-corrected chi connectivity index (χ0v) is 13.1. The second-order valence-corrected chi connectivity index (χ2v) is 5.24. The summed E-state index contributed by atoms with van der Waals surface area (Å²) in [6, 6.07) is 12.5. The van der Waals surface area contributed by atoms with E-state index in [1.54, 1.807) is 30.7 Å². The summed E-state index contributed by atoms with van der Waals surface area (Å²) >= 11 is 0. The predicted octanol–water partition coefficient (Wildman–Crippen LogP) is 3.28. The molecule has 2 aromatic heterocycles. The van der Waals surface area contributed by atoms with Gasteiger partial charge in [-0.2, -0.15) is 4.98 Å². The fraction of sp³-hybridized carbons (Fsp3) is 0.167. The van der Waals surface area contributed by atoms with Gasteiger partial charge in [0.05, 0.1) is 0 Å². The van der Waals surface area contributed by atoms with Gasteiger partial charge in [-0.3, -0.25) is 4.98 Å². The summed E-state index contributed by atoms with van der Waals surface area (Å²) < 4.78 is 13.6. The maximum absolute atomic E-state index is 13.6. The number of halogens is 1. The first-order valence-corrected chi connectivity index (χ1v) is 7.74. The largest absolute Gasteiger partial charge is 0.366 e. The molecule has 5 nitrogen and oxygen atoms in total. The third-order valence-electron chi connectivity index (χ3n) is 3.51. The molecule has 122 valence electrons. The van der Waals surface area contributed by atoms with Crippen molar-refractivity contribution in [2.45, 2.75) is 13.0 Å². The lowest BCUT2D eigenvalue weighted by atomic mass is 10.1. The number of pyridine rings is 1. The maximum Gasteiger partial charge on any atom is 0.224 e. The Labute approximate surface area is 140 Å². The SMILES string of the molecule is Fc1ccccc1CCNc1nccc(NCc2ccncc2)n1. The minimum Gasteiger partial charge on any atom is -0.366 e. The fourth-order valence-corrected chi connectivity index (χ4v) is 2.25. The number of nitrogens with one attached hydrogen (secondary N) is 2. The highest BCUT2D eigenvalue weighted by molar-refractivity contribution is 5.40. The van der Waals surface area contributed by atoms with Crippen LogP contribution in [0, 0.1) is 5.82 Å². The molecule has 24 heavy (non-hydrogen) atoms. The van der Waals surface area contributed by atoms with Crippen LogP contribution in [0.2, 0.25) is 0 Å². The van der Waals surface area contributed by atoms with Crippen LogP contribution in [0.15, 0.2) is 61.1 Å². The molecule has 3 rings (SSSR count). The van der Waals surface area contributed by atoms with Gasteiger partial charge in [0, 0.05) is 31.7 Å². The van der Waals surface area contributed by atoms with Crippen molar-refractivity contribution < 1.29 is 4.39 Å². The first-order chi connectivity index (χ1) is 11.8. The number of nitrogens with zero attached hydrogens (tertiary/aromatic N) is 3. The smallest absolute Gasteiger partial charge is 0.224 e. The molecule has 6 heteroatoms. The number of rotatable bonds is 7. The van der Waals surface area contributed by atoms with Gasteiger partial charge in [-0.25, -0.2) is 9.37 Å². The summed E-state index contributed by atoms with van der Waals surface area (Å²) in [5.41, 5.74) is 1.80. The van der Waals surface area contributed by atoms with Gasteiger partial charge < -0.3 is 10.6 Å². The minimum atomic E-state index is -0.187. The normalized spacial score (nSPS) is 10.4. The zero-order valence-electron chi connectivity index (χ0n) is 13.1. The Morgan fingerprint density at radius 2 is 1.75 bits per heavy atom. The summed E-state index contributed by atoms with van der Waals surface area (Å²) in [6.07, 6.45) is 5.78. The lowest BCUT2D eigenvalue weighted by Gasteiger charge is -2.09. The van der Waals surface area contributed by atoms with E-state index in [1.807, 2.05) is 24.3 Å². The lowest BCUT2D eigenvalue weighted by molar-refractivity contribution is 0.610. The third-order valence-corrected chi connectivity index (χ3v) is 3.51. The van der Waals surface area contributed by atoms with Gasteiger partial charge in [0.2, 0.25) is 5.95 Å². The molecule has 2 N–H and O–H groups in total. The molecule has 0 amide bonds. The molecule has 0 fully saturated rings. The van der Waals surface area contributed by atoms with Gasteiger partial charge in [0.1, 0.15) is 11.6 Å². The Bertz CT molecular complexity index is 779. The fourth-order valence-electron chi connectivity index (χ4n) is 2.25. The van der Waals surface area contributed by atoms with Gasteiger partial charge in [-0.1, -0.05) is 18.2 Å². The van der Waals surface area contributed by atoms with E-state index in [0.717, 1.165) is 11.4 Å². The third kappa shape index (κ3) is 4.49. The Morgan fingerprint density at radius 3 is 2.58 bits per heavy atom. The summed E-state index contributed by atoms with van der Waals surface area (Å²) in [5, 5.41) is 6.36. The second kappa shape index (κ2) is 8.01. The molecule has 2 heterocycles. The molecule has 0 radical (unpaired) electrons. The molecule has 0 aliphatic heterocycles. The van der Waals surface area contributed by atoms with Gasteiger partial charge in [-0.15, -0.1) is 0 Å². The van der Waals surface area contributed by atoms with E-state index in [4.69, 9.17) is 0 Å². The molecule has 0 saturated carbocycles. The molecular weight excluding hydrogens is 305 g/mol. The Balaban J connectivity index is 1.52. The van der Waals surface area contributed by atoms with E-state index >= 15 is 0 Å². The average Bonchev–Trinajstić information content (AvgIpc) is 2.63. The summed E-state index contributed by atoms with van der Waals surface area (Å²) in [4.78, 5) is 12.6. The quantitative estimate of drug-likeness (QED) is 0.699. The molecule has 0 aliphatic rings. The van der Waals surface area contributed by atoms with E-state index in [0.29, 0.717) is 31.0 Å². The van der Waals surface area contributed by atoms with Crippen LogP contribution in [-0.4, -0.2) is 21.5 Å². The molecule has 0 saturated heterocycles. The average molecular weight is 323 g/mol. The van der Waals surface area contributed by atoms with Crippen LogP contribution in [-0.2, 0) is 13.0 Å². The van der Waals surface area contributed by atoms with Crippen molar-refractivity contribution >= 4 is 11.8 Å². The van der Waals surface area contributed by atoms with Crippen LogP contribution in [0.5, 0.6) is 0 Å². The molecule has 3 aromatic rings. The summed E-state index contributed by atoms with van der Waals surface area (Å²) in [5.74, 6) is 1.06. The number of hydrogen-bond acceptors (Lipinski definition) is 5. The monoisotopic (exact) mass is 323 g/mol. The summed E-state index contributed by atoms with van der Waals surface area (Å²) in [6.45, 7) is 1.23. The molecule has 0 unspecified atom stereocenters. The van der Waals surface area contributed by atoms with Crippen LogP contribution >= 0.6 is 0 Å². The zero-order chi connectivity index (χ0) is 16.6. The molecule has 1 aromatic carbocycles. The number of benzene rings is 1. The van der Waals surface area contributed by atoms with Crippen molar-refractivity contribution in [3.8, 4) is 0 Å². The Kier molecular flexibility index (Phi) is 5.29. The van der Waals surface area contributed by atoms with Crippen molar-refractivity contribution in [1.82, 2.24) is 15.0 Å². The number of aromatic nitrogens is 3. The Hall–Kier alpha value is -3.02. The Morgan fingerprint density at radius 1 is 0.917 bits per heavy atom. The van der Waals surface area contributed by atoms with E-state index in [2.05, 4.69) is 25.6 Å². The van der Waals surface area contributed by atoms with Crippen LogP contribution in [0.4, 0.5) is 16.2 Å². The highest BCUT2D eigenvalue weighted by Crippen LogP contribution is 2.10. The highest BCUT2D eigenvalue weighted by atomic mass is 19.1. The maximum atomic E-state index is 13.6. The van der Waals surface area contributed by atoms with Crippen LogP contribution < -0.4 is 10.6 Å². The van der Waals surface area contributed by atoms with Crippen LogP contribution in [0.1, 0.15) is 11.1 Å². The number of anilines is 2. The minimum absolute atomic E-state index is 0.187. The van der Waals surface area contributed by atoms with Crippen molar-refractivity contribution in [1.29, 1.82) is 0 Å². The standard InChI is InChI=1S/C18H18FN5/c19-16-4-2-1-3-15(16)7-11-21-18-22-12-8-17(24-18)23-13-14-5-9-20-10-6-14/h1-6,8-10,12H,7,11,13H2,(H2,21,22,23,24). The van der Waals surface area contributed by atoms with E-state index in [9.17, 15) is 4.39 Å². The molecule has 0 atom stereocenters. The second-order valence-electron chi connectivity index (χ2n) is 5.24. The van der Waals surface area contributed by atoms with Crippen molar-refractivity contribution in [3.63, 3.8) is 0 Å². The molecule has 0 aliphatic carbocycles. The van der Waals surface area contributed by atoms with Crippen LogP contribution in [0.25, 0.3) is 0 Å². The molecule has 0 spiro atoms. The van der Waals surface area contributed by atoms with E-state index in [1.165, 1.54) is 6.07 Å². The van der Waals surface area contributed by atoms with Crippen molar-refractivity contribution in [2.24, 2.45) is 0 Å². The number of hydrogen-bond donors (Lipinski definition) is 2. The summed E-state index contributed by atoms with van der Waals surface area (Å²) in [7, 11) is 0. The van der Waals surface area contributed by atoms with E-state index in [-0.39, 0.29) is 5.82 Å².